The predicted octanol–water partition coefficient (Wildman–Crippen LogP) is 2.98. The molecule has 0 fully saturated rings. The summed E-state index contributed by atoms with van der Waals surface area (Å²) >= 11 is 0. The predicted molar refractivity (Wildman–Crippen MR) is 88.1 cm³/mol. The highest BCUT2D eigenvalue weighted by atomic mass is 16.6. The largest absolute Gasteiger partial charge is 0.501 e. The third kappa shape index (κ3) is 2.98. The van der Waals surface area contributed by atoms with E-state index in [-0.39, 0.29) is 5.75 Å². The molecule has 26 heavy (non-hydrogen) atoms. The van der Waals surface area contributed by atoms with Crippen molar-refractivity contribution in [3.63, 3.8) is 0 Å². The van der Waals surface area contributed by atoms with E-state index in [0.29, 0.717) is 23.0 Å². The molecule has 1 aromatic heterocycles. The molecular formula is C16H9N3O7. The van der Waals surface area contributed by atoms with Crippen LogP contribution in [-0.2, 0) is 0 Å². The number of ether oxygens (including phenoxy) is 1. The van der Waals surface area contributed by atoms with Gasteiger partial charge >= 0.3 is 11.7 Å². The molecular weight excluding hydrogens is 346 g/mol. The number of nitro benzene ring substituents is 2. The van der Waals surface area contributed by atoms with E-state index in [1.807, 2.05) is 0 Å². The van der Waals surface area contributed by atoms with Gasteiger partial charge in [-0.05, 0) is 12.1 Å². The minimum Gasteiger partial charge on any atom is -0.501 e. The molecule has 0 aliphatic rings. The van der Waals surface area contributed by atoms with Gasteiger partial charge in [0.2, 0.25) is 5.75 Å². The van der Waals surface area contributed by atoms with Crippen molar-refractivity contribution in [2.75, 3.05) is 0 Å². The van der Waals surface area contributed by atoms with Crippen molar-refractivity contribution in [2.24, 2.45) is 0 Å². The number of carbonyl (C=O) groups is 1. The van der Waals surface area contributed by atoms with E-state index in [4.69, 9.17) is 4.74 Å². The van der Waals surface area contributed by atoms with Gasteiger partial charge in [0, 0.05) is 17.6 Å². The van der Waals surface area contributed by atoms with E-state index < -0.39 is 38.5 Å². The van der Waals surface area contributed by atoms with Crippen LogP contribution in [-0.4, -0.2) is 25.9 Å². The highest BCUT2D eigenvalue weighted by molar-refractivity contribution is 5.98. The summed E-state index contributed by atoms with van der Waals surface area (Å²) < 4.78 is 5.16. The zero-order valence-electron chi connectivity index (χ0n) is 12.9. The first kappa shape index (κ1) is 16.8. The lowest BCUT2D eigenvalue weighted by atomic mass is 10.1. The van der Waals surface area contributed by atoms with Gasteiger partial charge in [-0.25, -0.2) is 4.79 Å². The average Bonchev–Trinajstić information content (AvgIpc) is 2.61. The van der Waals surface area contributed by atoms with Crippen molar-refractivity contribution < 1.29 is 24.5 Å². The summed E-state index contributed by atoms with van der Waals surface area (Å²) in [7, 11) is 0. The van der Waals surface area contributed by atoms with Gasteiger partial charge in [-0.2, -0.15) is 0 Å². The Kier molecular flexibility index (Phi) is 4.15. The van der Waals surface area contributed by atoms with Crippen LogP contribution < -0.4 is 4.74 Å². The van der Waals surface area contributed by atoms with Gasteiger partial charge in [0.25, 0.3) is 5.69 Å². The number of fused-ring (bicyclic) bond motifs is 1. The first-order valence-electron chi connectivity index (χ1n) is 7.10. The molecule has 3 rings (SSSR count). The second kappa shape index (κ2) is 6.43. The Morgan fingerprint density at radius 1 is 1.08 bits per heavy atom. The molecule has 0 radical (unpaired) electrons. The second-order valence-corrected chi connectivity index (χ2v) is 5.10. The van der Waals surface area contributed by atoms with Gasteiger partial charge in [0.1, 0.15) is 11.1 Å². The number of pyridine rings is 1. The number of phenolic OH excluding ortho intramolecular Hbond substituents is 1. The zero-order chi connectivity index (χ0) is 18.8. The van der Waals surface area contributed by atoms with E-state index >= 15 is 0 Å². The standard InChI is InChI=1S/C16H9N3O7/c20-15-11(7-10(18(22)23)8-12(15)19(24)25)16(21)26-13-5-1-3-9-4-2-6-17-14(9)13/h1-8,20H. The number of phenols is 1. The highest BCUT2D eigenvalue weighted by Gasteiger charge is 2.28. The summed E-state index contributed by atoms with van der Waals surface area (Å²) in [5.74, 6) is -2.16. The highest BCUT2D eigenvalue weighted by Crippen LogP contribution is 2.35. The van der Waals surface area contributed by atoms with Gasteiger partial charge in [-0.3, -0.25) is 25.2 Å². The second-order valence-electron chi connectivity index (χ2n) is 5.10. The van der Waals surface area contributed by atoms with Gasteiger partial charge in [-0.15, -0.1) is 0 Å². The molecule has 10 nitrogen and oxygen atoms in total. The van der Waals surface area contributed by atoms with Crippen molar-refractivity contribution in [1.29, 1.82) is 0 Å². The van der Waals surface area contributed by atoms with Crippen LogP contribution in [0.2, 0.25) is 0 Å². The van der Waals surface area contributed by atoms with Crippen LogP contribution in [0.5, 0.6) is 11.5 Å². The monoisotopic (exact) mass is 355 g/mol. The molecule has 0 saturated heterocycles. The molecule has 0 amide bonds. The quantitative estimate of drug-likeness (QED) is 0.325. The lowest BCUT2D eigenvalue weighted by Gasteiger charge is -2.08. The number of aromatic nitrogens is 1. The van der Waals surface area contributed by atoms with Crippen LogP contribution in [0.3, 0.4) is 0 Å². The minimum absolute atomic E-state index is 0.0432. The first-order chi connectivity index (χ1) is 12.4. The Bertz CT molecular complexity index is 1060. The normalized spacial score (nSPS) is 10.5. The van der Waals surface area contributed by atoms with Crippen molar-refractivity contribution in [3.8, 4) is 11.5 Å². The molecule has 1 heterocycles. The maximum absolute atomic E-state index is 12.4. The number of benzene rings is 2. The van der Waals surface area contributed by atoms with Gasteiger partial charge in [0.15, 0.2) is 5.75 Å². The zero-order valence-corrected chi connectivity index (χ0v) is 12.9. The number of aromatic hydroxyl groups is 1. The fraction of sp³-hybridized carbons (Fsp3) is 0. The van der Waals surface area contributed by atoms with Crippen LogP contribution in [0.25, 0.3) is 10.9 Å². The third-order valence-corrected chi connectivity index (χ3v) is 3.50. The van der Waals surface area contributed by atoms with Crippen LogP contribution in [0.1, 0.15) is 10.4 Å². The Morgan fingerprint density at radius 2 is 1.81 bits per heavy atom. The first-order valence-corrected chi connectivity index (χ1v) is 7.10. The molecule has 0 aliphatic heterocycles. The molecule has 0 atom stereocenters. The number of hydrogen-bond donors (Lipinski definition) is 1. The number of para-hydroxylation sites is 1. The fourth-order valence-corrected chi connectivity index (χ4v) is 2.32. The smallest absolute Gasteiger partial charge is 0.347 e. The van der Waals surface area contributed by atoms with Crippen molar-refractivity contribution in [3.05, 3.63) is 74.5 Å². The number of hydrogen-bond acceptors (Lipinski definition) is 8. The molecule has 0 bridgehead atoms. The lowest BCUT2D eigenvalue weighted by molar-refractivity contribution is -0.394. The number of non-ortho nitro benzene ring substituents is 1. The molecule has 130 valence electrons. The van der Waals surface area contributed by atoms with E-state index in [0.717, 1.165) is 0 Å². The number of esters is 1. The van der Waals surface area contributed by atoms with E-state index in [9.17, 15) is 30.1 Å². The summed E-state index contributed by atoms with van der Waals surface area (Å²) in [5.41, 5.74) is -2.04. The Hall–Kier alpha value is -4.08. The summed E-state index contributed by atoms with van der Waals surface area (Å²) in [4.78, 5) is 36.4. The van der Waals surface area contributed by atoms with Crippen LogP contribution in [0, 0.1) is 20.2 Å². The van der Waals surface area contributed by atoms with Gasteiger partial charge < -0.3 is 9.84 Å². The van der Waals surface area contributed by atoms with Crippen molar-refractivity contribution in [2.45, 2.75) is 0 Å². The van der Waals surface area contributed by atoms with Crippen LogP contribution in [0.15, 0.2) is 48.7 Å². The molecule has 0 spiro atoms. The molecule has 0 saturated carbocycles. The van der Waals surface area contributed by atoms with Crippen LogP contribution >= 0.6 is 0 Å². The maximum Gasteiger partial charge on any atom is 0.347 e. The number of nitrogens with zero attached hydrogens (tertiary/aromatic N) is 3. The molecule has 10 heteroatoms. The third-order valence-electron chi connectivity index (χ3n) is 3.50. The van der Waals surface area contributed by atoms with Crippen molar-refractivity contribution >= 4 is 28.2 Å². The molecule has 3 aromatic rings. The average molecular weight is 355 g/mol. The minimum atomic E-state index is -1.19. The number of nitro groups is 2. The van der Waals surface area contributed by atoms with E-state index in [1.165, 1.54) is 12.3 Å². The number of rotatable bonds is 4. The topological polar surface area (TPSA) is 146 Å². The summed E-state index contributed by atoms with van der Waals surface area (Å²) in [6, 6.07) is 9.46. The molecule has 2 aromatic carbocycles. The SMILES string of the molecule is O=C(Oc1cccc2cccnc12)c1cc([N+](=O)[O-])cc([N+](=O)[O-])c1O. The Morgan fingerprint density at radius 3 is 2.50 bits per heavy atom. The Balaban J connectivity index is 2.07. The summed E-state index contributed by atoms with van der Waals surface area (Å²) in [6.45, 7) is 0. The Labute approximate surface area is 144 Å². The molecule has 0 unspecified atom stereocenters. The maximum atomic E-state index is 12.4. The summed E-state index contributed by atoms with van der Waals surface area (Å²) in [5, 5.41) is 32.5. The van der Waals surface area contributed by atoms with Crippen molar-refractivity contribution in [1.82, 2.24) is 4.98 Å². The number of carbonyl (C=O) groups excluding carboxylic acids is 1. The van der Waals surface area contributed by atoms with E-state index in [2.05, 4.69) is 4.98 Å². The fourth-order valence-electron chi connectivity index (χ4n) is 2.32. The van der Waals surface area contributed by atoms with Crippen LogP contribution in [0.4, 0.5) is 11.4 Å². The van der Waals surface area contributed by atoms with Gasteiger partial charge in [-0.1, -0.05) is 18.2 Å². The lowest BCUT2D eigenvalue weighted by Crippen LogP contribution is -2.11. The molecule has 0 aliphatic carbocycles. The van der Waals surface area contributed by atoms with E-state index in [1.54, 1.807) is 24.3 Å². The summed E-state index contributed by atoms with van der Waals surface area (Å²) in [6.07, 6.45) is 1.48. The molecule has 1 N–H and O–H groups in total. The van der Waals surface area contributed by atoms with Gasteiger partial charge in [0.05, 0.1) is 15.9 Å².